The van der Waals surface area contributed by atoms with Crippen LogP contribution in [0.1, 0.15) is 36.8 Å². The Kier molecular flexibility index (Phi) is 5.56. The van der Waals surface area contributed by atoms with Crippen LogP contribution < -0.4 is 5.73 Å². The van der Waals surface area contributed by atoms with Crippen molar-refractivity contribution in [1.82, 2.24) is 0 Å². The average Bonchev–Trinajstić information content (AvgIpc) is 2.48. The van der Waals surface area contributed by atoms with E-state index in [1.54, 1.807) is 0 Å². The molecule has 0 saturated heterocycles. The predicted molar refractivity (Wildman–Crippen MR) is 77.2 cm³/mol. The molecule has 1 aliphatic rings. The first-order valence-corrected chi connectivity index (χ1v) is 7.20. The van der Waals surface area contributed by atoms with Gasteiger partial charge in [-0.1, -0.05) is 24.3 Å². The van der Waals surface area contributed by atoms with Crippen molar-refractivity contribution in [1.29, 1.82) is 0 Å². The smallest absolute Gasteiger partial charge is 0.309 e. The van der Waals surface area contributed by atoms with Gasteiger partial charge in [0.2, 0.25) is 0 Å². The number of carbonyl (C=O) groups is 1. The Hall–Kier alpha value is -1.39. The van der Waals surface area contributed by atoms with Crippen molar-refractivity contribution in [2.75, 3.05) is 7.11 Å². The molecule has 1 aliphatic carbocycles. The highest BCUT2D eigenvalue weighted by atomic mass is 16.5. The van der Waals surface area contributed by atoms with Crippen molar-refractivity contribution in [2.24, 2.45) is 5.73 Å². The highest BCUT2D eigenvalue weighted by molar-refractivity contribution is 5.72. The van der Waals surface area contributed by atoms with Crippen LogP contribution in [0.2, 0.25) is 0 Å². The minimum absolute atomic E-state index is 0.221. The fourth-order valence-electron chi connectivity index (χ4n) is 2.56. The first kappa shape index (κ1) is 15.0. The minimum Gasteiger partial charge on any atom is -0.469 e. The molecule has 0 spiro atoms. The second kappa shape index (κ2) is 7.41. The van der Waals surface area contributed by atoms with Crippen molar-refractivity contribution in [3.63, 3.8) is 0 Å². The van der Waals surface area contributed by atoms with Crippen LogP contribution in [0, 0.1) is 0 Å². The lowest BCUT2D eigenvalue weighted by molar-refractivity contribution is -0.139. The van der Waals surface area contributed by atoms with Crippen molar-refractivity contribution < 1.29 is 14.3 Å². The maximum absolute atomic E-state index is 11.4. The third-order valence-corrected chi connectivity index (χ3v) is 3.87. The SMILES string of the molecule is COC(=O)Cc1ccccc1COC1CCC(N)CC1. The maximum Gasteiger partial charge on any atom is 0.309 e. The largest absolute Gasteiger partial charge is 0.469 e. The molecular formula is C16H23NO3. The Balaban J connectivity index is 1.90. The van der Waals surface area contributed by atoms with Gasteiger partial charge in [0.25, 0.3) is 0 Å². The summed E-state index contributed by atoms with van der Waals surface area (Å²) in [6.45, 7) is 0.549. The Morgan fingerprint density at radius 2 is 1.85 bits per heavy atom. The van der Waals surface area contributed by atoms with Crippen molar-refractivity contribution in [3.05, 3.63) is 35.4 Å². The number of ether oxygens (including phenoxy) is 2. The molecule has 1 saturated carbocycles. The molecule has 1 aromatic rings. The minimum atomic E-state index is -0.221. The van der Waals surface area contributed by atoms with Crippen LogP contribution in [-0.2, 0) is 27.3 Å². The summed E-state index contributed by atoms with van der Waals surface area (Å²) in [7, 11) is 1.41. The molecule has 0 bridgehead atoms. The van der Waals surface area contributed by atoms with Crippen LogP contribution in [0.4, 0.5) is 0 Å². The van der Waals surface area contributed by atoms with E-state index in [0.717, 1.165) is 36.8 Å². The van der Waals surface area contributed by atoms with E-state index >= 15 is 0 Å². The quantitative estimate of drug-likeness (QED) is 0.838. The number of hydrogen-bond acceptors (Lipinski definition) is 4. The standard InChI is InChI=1S/C16H23NO3/c1-19-16(18)10-12-4-2-3-5-13(12)11-20-15-8-6-14(17)7-9-15/h2-5,14-15H,6-11,17H2,1H3. The first-order valence-electron chi connectivity index (χ1n) is 7.20. The highest BCUT2D eigenvalue weighted by Crippen LogP contribution is 2.22. The lowest BCUT2D eigenvalue weighted by atomic mass is 9.93. The number of rotatable bonds is 5. The summed E-state index contributed by atoms with van der Waals surface area (Å²) in [6, 6.07) is 8.19. The molecule has 0 heterocycles. The van der Waals surface area contributed by atoms with E-state index in [4.69, 9.17) is 15.2 Å². The van der Waals surface area contributed by atoms with Gasteiger partial charge in [-0.05, 0) is 36.8 Å². The molecule has 0 aromatic heterocycles. The van der Waals surface area contributed by atoms with E-state index in [9.17, 15) is 4.79 Å². The molecule has 1 aromatic carbocycles. The summed E-state index contributed by atoms with van der Waals surface area (Å²) in [5.74, 6) is -0.221. The highest BCUT2D eigenvalue weighted by Gasteiger charge is 2.19. The lowest BCUT2D eigenvalue weighted by Crippen LogP contribution is -2.30. The van der Waals surface area contributed by atoms with Crippen LogP contribution in [-0.4, -0.2) is 25.2 Å². The van der Waals surface area contributed by atoms with Gasteiger partial charge in [0.15, 0.2) is 0 Å². The zero-order valence-corrected chi connectivity index (χ0v) is 12.0. The molecular weight excluding hydrogens is 254 g/mol. The molecule has 0 amide bonds. The van der Waals surface area contributed by atoms with Gasteiger partial charge in [-0.3, -0.25) is 4.79 Å². The van der Waals surface area contributed by atoms with E-state index in [1.807, 2.05) is 24.3 Å². The van der Waals surface area contributed by atoms with Gasteiger partial charge in [-0.2, -0.15) is 0 Å². The number of hydrogen-bond donors (Lipinski definition) is 1. The van der Waals surface area contributed by atoms with Crippen molar-refractivity contribution in [2.45, 2.75) is 50.9 Å². The molecule has 0 unspecified atom stereocenters. The molecule has 0 atom stereocenters. The van der Waals surface area contributed by atoms with Gasteiger partial charge in [-0.25, -0.2) is 0 Å². The summed E-state index contributed by atoms with van der Waals surface area (Å²) in [4.78, 5) is 11.4. The Bertz CT molecular complexity index is 439. The van der Waals surface area contributed by atoms with Gasteiger partial charge in [-0.15, -0.1) is 0 Å². The molecule has 2 N–H and O–H groups in total. The van der Waals surface area contributed by atoms with Gasteiger partial charge < -0.3 is 15.2 Å². The maximum atomic E-state index is 11.4. The van der Waals surface area contributed by atoms with Crippen LogP contribution >= 0.6 is 0 Å². The van der Waals surface area contributed by atoms with Gasteiger partial charge >= 0.3 is 5.97 Å². The van der Waals surface area contributed by atoms with Crippen molar-refractivity contribution >= 4 is 5.97 Å². The summed E-state index contributed by atoms with van der Waals surface area (Å²) < 4.78 is 10.7. The first-order chi connectivity index (χ1) is 9.69. The van der Waals surface area contributed by atoms with Crippen LogP contribution in [0.3, 0.4) is 0 Å². The van der Waals surface area contributed by atoms with E-state index in [1.165, 1.54) is 7.11 Å². The number of nitrogens with two attached hydrogens (primary N) is 1. The summed E-state index contributed by atoms with van der Waals surface area (Å²) in [6.07, 6.45) is 4.72. The molecule has 4 nitrogen and oxygen atoms in total. The third-order valence-electron chi connectivity index (χ3n) is 3.87. The molecule has 20 heavy (non-hydrogen) atoms. The molecule has 2 rings (SSSR count). The summed E-state index contributed by atoms with van der Waals surface area (Å²) >= 11 is 0. The van der Waals surface area contributed by atoms with Crippen LogP contribution in [0.5, 0.6) is 0 Å². The Labute approximate surface area is 120 Å². The van der Waals surface area contributed by atoms with Gasteiger partial charge in [0, 0.05) is 6.04 Å². The summed E-state index contributed by atoms with van der Waals surface area (Å²) in [5.41, 5.74) is 7.93. The van der Waals surface area contributed by atoms with E-state index in [0.29, 0.717) is 25.2 Å². The predicted octanol–water partition coefficient (Wildman–Crippen LogP) is 2.19. The van der Waals surface area contributed by atoms with Gasteiger partial charge in [0.1, 0.15) is 0 Å². The topological polar surface area (TPSA) is 61.5 Å². The molecule has 0 aliphatic heterocycles. The zero-order chi connectivity index (χ0) is 14.4. The number of benzene rings is 1. The van der Waals surface area contributed by atoms with Crippen molar-refractivity contribution in [3.8, 4) is 0 Å². The Morgan fingerprint density at radius 3 is 2.50 bits per heavy atom. The fraction of sp³-hybridized carbons (Fsp3) is 0.562. The second-order valence-electron chi connectivity index (χ2n) is 5.37. The lowest BCUT2D eigenvalue weighted by Gasteiger charge is -2.26. The number of carbonyl (C=O) groups excluding carboxylic acids is 1. The van der Waals surface area contributed by atoms with E-state index in [-0.39, 0.29) is 5.97 Å². The van der Waals surface area contributed by atoms with E-state index in [2.05, 4.69) is 0 Å². The average molecular weight is 277 g/mol. The number of esters is 1. The summed E-state index contributed by atoms with van der Waals surface area (Å²) in [5, 5.41) is 0. The van der Waals surface area contributed by atoms with Gasteiger partial charge in [0.05, 0.1) is 26.2 Å². The zero-order valence-electron chi connectivity index (χ0n) is 12.0. The molecule has 0 radical (unpaired) electrons. The molecule has 110 valence electrons. The Morgan fingerprint density at radius 1 is 1.20 bits per heavy atom. The normalized spacial score (nSPS) is 22.5. The van der Waals surface area contributed by atoms with Crippen LogP contribution in [0.25, 0.3) is 0 Å². The number of methoxy groups -OCH3 is 1. The molecule has 1 fully saturated rings. The van der Waals surface area contributed by atoms with Crippen LogP contribution in [0.15, 0.2) is 24.3 Å². The monoisotopic (exact) mass is 277 g/mol. The third kappa shape index (κ3) is 4.32. The second-order valence-corrected chi connectivity index (χ2v) is 5.37. The van der Waals surface area contributed by atoms with E-state index < -0.39 is 0 Å². The molecule has 4 heteroatoms. The fourth-order valence-corrected chi connectivity index (χ4v) is 2.56.